The summed E-state index contributed by atoms with van der Waals surface area (Å²) >= 11 is 0. The van der Waals surface area contributed by atoms with E-state index < -0.39 is 6.10 Å². The molecule has 0 bridgehead atoms. The summed E-state index contributed by atoms with van der Waals surface area (Å²) in [4.78, 5) is 38.3. The number of esters is 3. The summed E-state index contributed by atoms with van der Waals surface area (Å²) in [5.41, 5.74) is 0. The Hall–Kier alpha value is -4.97. The molecule has 0 aromatic rings. The van der Waals surface area contributed by atoms with Crippen molar-refractivity contribution < 1.29 is 28.6 Å². The molecule has 6 nitrogen and oxygen atoms in total. The molecule has 1 atom stereocenters. The molecule has 0 radical (unpaired) electrons. The molecular formula is C72H114O6. The van der Waals surface area contributed by atoms with Gasteiger partial charge in [-0.3, -0.25) is 14.4 Å². The van der Waals surface area contributed by atoms with Crippen molar-refractivity contribution in [1.29, 1.82) is 0 Å². The van der Waals surface area contributed by atoms with Gasteiger partial charge >= 0.3 is 17.9 Å². The highest BCUT2D eigenvalue weighted by atomic mass is 16.6. The second kappa shape index (κ2) is 64.6. The van der Waals surface area contributed by atoms with Crippen molar-refractivity contribution in [2.24, 2.45) is 0 Å². The monoisotopic (exact) mass is 1070 g/mol. The van der Waals surface area contributed by atoms with Gasteiger partial charge < -0.3 is 14.2 Å². The molecule has 0 amide bonds. The Labute approximate surface area is 480 Å². The lowest BCUT2D eigenvalue weighted by molar-refractivity contribution is -0.167. The molecule has 0 heterocycles. The third-order valence-electron chi connectivity index (χ3n) is 12.7. The lowest BCUT2D eigenvalue weighted by Crippen LogP contribution is -2.30. The molecule has 438 valence electrons. The first-order chi connectivity index (χ1) is 38.5. The summed E-state index contributed by atoms with van der Waals surface area (Å²) in [6.45, 7) is 6.33. The van der Waals surface area contributed by atoms with Crippen molar-refractivity contribution in [1.82, 2.24) is 0 Å². The summed E-state index contributed by atoms with van der Waals surface area (Å²) < 4.78 is 16.8. The van der Waals surface area contributed by atoms with E-state index >= 15 is 0 Å². The minimum absolute atomic E-state index is 0.117. The fourth-order valence-corrected chi connectivity index (χ4v) is 8.10. The summed E-state index contributed by atoms with van der Waals surface area (Å²) in [5.74, 6) is -1.01. The van der Waals surface area contributed by atoms with Gasteiger partial charge in [-0.05, 0) is 141 Å². The van der Waals surface area contributed by atoms with Crippen LogP contribution in [0, 0.1) is 0 Å². The molecule has 0 N–H and O–H groups in total. The van der Waals surface area contributed by atoms with E-state index in [4.69, 9.17) is 14.2 Å². The lowest BCUT2D eigenvalue weighted by Gasteiger charge is -2.18. The van der Waals surface area contributed by atoms with Crippen LogP contribution in [-0.2, 0) is 28.6 Å². The quantitative estimate of drug-likeness (QED) is 0.0261. The number of ether oxygens (including phenoxy) is 3. The standard InChI is InChI=1S/C72H114O6/c1-4-7-10-13-16-19-22-25-28-31-32-33-34-35-36-37-38-39-40-42-44-47-50-53-56-59-62-65-71(74)77-68-69(67-76-70(73)64-61-58-55-52-49-46-43-30-27-24-21-18-15-12-9-6-3)78-72(75)66-63-60-57-54-51-48-45-41-29-26-23-20-17-14-11-8-5-2/h7-8,10-11,16-17,19-20,25-26,28-30,32-33,35-36,38-39,42-45,48,54,57,69H,4-6,9,12-15,18,21-24,27,31,34,37,40-41,46-47,49-53,55-56,58-68H2,1-3H3/b10-7-,11-8-,19-16-,20-17-,28-25-,29-26-,33-32-,36-35-,39-38-,43-30-,44-42-,48-45-,57-54-. The highest BCUT2D eigenvalue weighted by Gasteiger charge is 2.19. The van der Waals surface area contributed by atoms with Crippen LogP contribution in [0.25, 0.3) is 0 Å². The van der Waals surface area contributed by atoms with Crippen LogP contribution in [0.5, 0.6) is 0 Å². The smallest absolute Gasteiger partial charge is 0.306 e. The SMILES string of the molecule is CC/C=C\C/C=C\C/C=C\C/C=C\C/C=C\C/C=C\C/C=C\CCCCCCCC(=O)OCC(COC(=O)CCCCCCC/C=C\CCCCCCCCC)OC(=O)CCC/C=C\C/C=C\C/C=C\C/C=C\C/C=C\CC. The molecule has 0 aliphatic rings. The summed E-state index contributed by atoms with van der Waals surface area (Å²) in [5, 5.41) is 0. The number of carbonyl (C=O) groups is 3. The molecule has 0 aromatic heterocycles. The van der Waals surface area contributed by atoms with E-state index in [1.165, 1.54) is 57.8 Å². The van der Waals surface area contributed by atoms with E-state index in [-0.39, 0.29) is 37.5 Å². The van der Waals surface area contributed by atoms with Crippen LogP contribution in [0.1, 0.15) is 258 Å². The zero-order chi connectivity index (χ0) is 56.4. The largest absolute Gasteiger partial charge is 0.462 e. The lowest BCUT2D eigenvalue weighted by atomic mass is 10.1. The predicted octanol–water partition coefficient (Wildman–Crippen LogP) is 21.7. The third kappa shape index (κ3) is 61.9. The first-order valence-corrected chi connectivity index (χ1v) is 31.5. The zero-order valence-electron chi connectivity index (χ0n) is 50.1. The molecule has 0 rings (SSSR count). The van der Waals surface area contributed by atoms with Crippen LogP contribution in [0.2, 0.25) is 0 Å². The van der Waals surface area contributed by atoms with Gasteiger partial charge in [0.15, 0.2) is 6.10 Å². The Morgan fingerprint density at radius 1 is 0.269 bits per heavy atom. The first kappa shape index (κ1) is 73.0. The van der Waals surface area contributed by atoms with Gasteiger partial charge in [-0.25, -0.2) is 0 Å². The van der Waals surface area contributed by atoms with Crippen molar-refractivity contribution in [3.05, 3.63) is 158 Å². The minimum Gasteiger partial charge on any atom is -0.462 e. The number of carbonyl (C=O) groups excluding carboxylic acids is 3. The number of unbranched alkanes of at least 4 members (excludes halogenated alkanes) is 18. The molecule has 0 saturated heterocycles. The van der Waals surface area contributed by atoms with Gasteiger partial charge in [-0.15, -0.1) is 0 Å². The average Bonchev–Trinajstić information content (AvgIpc) is 3.44. The Bertz CT molecular complexity index is 1760. The normalized spacial score (nSPS) is 13.2. The summed E-state index contributed by atoms with van der Waals surface area (Å²) in [6.07, 6.45) is 93.9. The number of allylic oxidation sites excluding steroid dienone is 26. The van der Waals surface area contributed by atoms with E-state index in [1.807, 2.05) is 0 Å². The Morgan fingerprint density at radius 3 is 0.833 bits per heavy atom. The maximum absolute atomic E-state index is 12.9. The van der Waals surface area contributed by atoms with Gasteiger partial charge in [0.05, 0.1) is 0 Å². The first-order valence-electron chi connectivity index (χ1n) is 31.5. The highest BCUT2D eigenvalue weighted by molar-refractivity contribution is 5.71. The fourth-order valence-electron chi connectivity index (χ4n) is 8.10. The van der Waals surface area contributed by atoms with Gasteiger partial charge in [0.25, 0.3) is 0 Å². The van der Waals surface area contributed by atoms with Crippen molar-refractivity contribution in [2.75, 3.05) is 13.2 Å². The fraction of sp³-hybridized carbons (Fsp3) is 0.597. The van der Waals surface area contributed by atoms with Crippen molar-refractivity contribution in [2.45, 2.75) is 264 Å². The van der Waals surface area contributed by atoms with E-state index in [2.05, 4.69) is 179 Å². The van der Waals surface area contributed by atoms with Crippen molar-refractivity contribution in [3.63, 3.8) is 0 Å². The average molecular weight is 1080 g/mol. The Kier molecular flexibility index (Phi) is 60.4. The molecule has 0 aromatic carbocycles. The Balaban J connectivity index is 4.50. The van der Waals surface area contributed by atoms with E-state index in [1.54, 1.807) is 0 Å². The maximum atomic E-state index is 12.9. The topological polar surface area (TPSA) is 78.9 Å². The Morgan fingerprint density at radius 2 is 0.513 bits per heavy atom. The van der Waals surface area contributed by atoms with Crippen LogP contribution < -0.4 is 0 Å². The third-order valence-corrected chi connectivity index (χ3v) is 12.7. The maximum Gasteiger partial charge on any atom is 0.306 e. The predicted molar refractivity (Wildman–Crippen MR) is 338 cm³/mol. The van der Waals surface area contributed by atoms with Gasteiger partial charge in [0.2, 0.25) is 0 Å². The van der Waals surface area contributed by atoms with Crippen molar-refractivity contribution >= 4 is 17.9 Å². The van der Waals surface area contributed by atoms with Crippen LogP contribution in [0.3, 0.4) is 0 Å². The number of hydrogen-bond donors (Lipinski definition) is 0. The second-order valence-electron chi connectivity index (χ2n) is 20.2. The van der Waals surface area contributed by atoms with Crippen LogP contribution in [0.15, 0.2) is 158 Å². The molecule has 0 aliphatic carbocycles. The summed E-state index contributed by atoms with van der Waals surface area (Å²) in [7, 11) is 0. The molecule has 78 heavy (non-hydrogen) atoms. The van der Waals surface area contributed by atoms with Crippen molar-refractivity contribution in [3.8, 4) is 0 Å². The second-order valence-corrected chi connectivity index (χ2v) is 20.2. The molecular weight excluding hydrogens is 961 g/mol. The van der Waals surface area contributed by atoms with E-state index in [0.717, 1.165) is 154 Å². The van der Waals surface area contributed by atoms with Gasteiger partial charge in [0.1, 0.15) is 13.2 Å². The van der Waals surface area contributed by atoms with Crippen LogP contribution in [-0.4, -0.2) is 37.2 Å². The van der Waals surface area contributed by atoms with Gasteiger partial charge in [0, 0.05) is 19.3 Å². The number of hydrogen-bond acceptors (Lipinski definition) is 6. The van der Waals surface area contributed by atoms with Crippen LogP contribution in [0.4, 0.5) is 0 Å². The molecule has 6 heteroatoms. The van der Waals surface area contributed by atoms with E-state index in [9.17, 15) is 14.4 Å². The molecule has 0 fully saturated rings. The molecule has 0 spiro atoms. The highest BCUT2D eigenvalue weighted by Crippen LogP contribution is 2.13. The van der Waals surface area contributed by atoms with Gasteiger partial charge in [-0.2, -0.15) is 0 Å². The molecule has 1 unspecified atom stereocenters. The molecule has 0 aliphatic heterocycles. The van der Waals surface area contributed by atoms with Gasteiger partial charge in [-0.1, -0.05) is 256 Å². The zero-order valence-corrected chi connectivity index (χ0v) is 50.1. The minimum atomic E-state index is -0.828. The van der Waals surface area contributed by atoms with E-state index in [0.29, 0.717) is 19.3 Å². The molecule has 0 saturated carbocycles. The number of rotatable bonds is 55. The summed E-state index contributed by atoms with van der Waals surface area (Å²) in [6, 6.07) is 0. The van der Waals surface area contributed by atoms with Crippen LogP contribution >= 0.6 is 0 Å².